The van der Waals surface area contributed by atoms with E-state index >= 15 is 0 Å². The van der Waals surface area contributed by atoms with E-state index in [2.05, 4.69) is 30.8 Å². The fourth-order valence-corrected chi connectivity index (χ4v) is 3.13. The minimum Gasteiger partial charge on any atom is -0.273 e. The van der Waals surface area contributed by atoms with Crippen molar-refractivity contribution in [1.82, 2.24) is 10.9 Å². The van der Waals surface area contributed by atoms with Crippen LogP contribution in [0, 0.1) is 17.3 Å². The average molecular weight is 292 g/mol. The van der Waals surface area contributed by atoms with Crippen LogP contribution in [0.15, 0.2) is 29.2 Å². The lowest BCUT2D eigenvalue weighted by molar-refractivity contribution is -0.123. The monoisotopic (exact) mass is 292 g/mol. The Morgan fingerprint density at radius 1 is 1.30 bits per heavy atom. The van der Waals surface area contributed by atoms with Crippen molar-refractivity contribution in [1.29, 1.82) is 0 Å². The summed E-state index contributed by atoms with van der Waals surface area (Å²) in [4.78, 5) is 24.5. The number of hydrazine groups is 1. The Labute approximate surface area is 123 Å². The Kier molecular flexibility index (Phi) is 3.99. The summed E-state index contributed by atoms with van der Waals surface area (Å²) in [7, 11) is 0. The zero-order valence-electron chi connectivity index (χ0n) is 12.2. The molecule has 0 aromatic carbocycles. The largest absolute Gasteiger partial charge is 0.279 e. The van der Waals surface area contributed by atoms with E-state index in [1.807, 2.05) is 19.2 Å². The highest BCUT2D eigenvalue weighted by Gasteiger charge is 2.60. The van der Waals surface area contributed by atoms with Crippen LogP contribution in [0.25, 0.3) is 0 Å². The molecule has 1 aromatic heterocycles. The molecule has 20 heavy (non-hydrogen) atoms. The summed E-state index contributed by atoms with van der Waals surface area (Å²) in [6, 6.07) is 3.52. The van der Waals surface area contributed by atoms with E-state index < -0.39 is 0 Å². The molecule has 5 heteroatoms. The first-order valence-corrected chi connectivity index (χ1v) is 7.50. The van der Waals surface area contributed by atoms with Gasteiger partial charge in [0, 0.05) is 0 Å². The highest BCUT2D eigenvalue weighted by Crippen LogP contribution is 2.59. The van der Waals surface area contributed by atoms with Gasteiger partial charge in [-0.25, -0.2) is 0 Å². The van der Waals surface area contributed by atoms with Gasteiger partial charge in [-0.3, -0.25) is 20.4 Å². The fraction of sp³-hybridized carbons (Fsp3) is 0.467. The van der Waals surface area contributed by atoms with Crippen LogP contribution in [0.4, 0.5) is 0 Å². The summed E-state index contributed by atoms with van der Waals surface area (Å²) in [5.41, 5.74) is 6.16. The van der Waals surface area contributed by atoms with Gasteiger partial charge < -0.3 is 0 Å². The second-order valence-electron chi connectivity index (χ2n) is 5.99. The number of carbonyl (C=O) groups excluding carboxylic acids is 2. The van der Waals surface area contributed by atoms with Crippen LogP contribution in [0.3, 0.4) is 0 Å². The van der Waals surface area contributed by atoms with E-state index in [0.717, 1.165) is 0 Å². The Morgan fingerprint density at radius 2 is 2.00 bits per heavy atom. The first-order valence-electron chi connectivity index (χ1n) is 6.62. The normalized spacial score (nSPS) is 22.8. The molecule has 2 unspecified atom stereocenters. The van der Waals surface area contributed by atoms with Gasteiger partial charge >= 0.3 is 0 Å². The fourth-order valence-electron chi connectivity index (χ4n) is 2.51. The maximum atomic E-state index is 12.1. The predicted molar refractivity (Wildman–Crippen MR) is 80.1 cm³/mol. The highest BCUT2D eigenvalue weighted by molar-refractivity contribution is 7.12. The zero-order valence-corrected chi connectivity index (χ0v) is 13.0. The number of thiophene rings is 1. The average Bonchev–Trinajstić information content (AvgIpc) is 2.79. The van der Waals surface area contributed by atoms with Gasteiger partial charge in [-0.2, -0.15) is 0 Å². The predicted octanol–water partition coefficient (Wildman–Crippen LogP) is 2.75. The molecule has 2 N–H and O–H groups in total. The smallest absolute Gasteiger partial charge is 0.273 e. The topological polar surface area (TPSA) is 58.2 Å². The molecular weight excluding hydrogens is 272 g/mol. The first-order chi connectivity index (χ1) is 9.34. The molecule has 4 nitrogen and oxygen atoms in total. The number of allylic oxidation sites excluding steroid dienone is 2. The van der Waals surface area contributed by atoms with E-state index in [1.54, 1.807) is 12.1 Å². The van der Waals surface area contributed by atoms with Crippen LogP contribution in [-0.2, 0) is 4.79 Å². The van der Waals surface area contributed by atoms with E-state index in [9.17, 15) is 9.59 Å². The number of amides is 2. The molecule has 2 atom stereocenters. The number of hydrogen-bond acceptors (Lipinski definition) is 3. The van der Waals surface area contributed by atoms with Crippen molar-refractivity contribution in [3.63, 3.8) is 0 Å². The van der Waals surface area contributed by atoms with Gasteiger partial charge in [0.1, 0.15) is 0 Å². The number of carbonyl (C=O) groups is 2. The number of nitrogens with one attached hydrogen (secondary N) is 2. The van der Waals surface area contributed by atoms with Crippen molar-refractivity contribution in [3.8, 4) is 0 Å². The Balaban J connectivity index is 1.90. The van der Waals surface area contributed by atoms with Gasteiger partial charge in [-0.1, -0.05) is 31.6 Å². The minimum atomic E-state index is -0.273. The van der Waals surface area contributed by atoms with Crippen LogP contribution in [0.5, 0.6) is 0 Å². The van der Waals surface area contributed by atoms with Crippen LogP contribution in [-0.4, -0.2) is 11.8 Å². The highest BCUT2D eigenvalue weighted by atomic mass is 32.1. The molecule has 2 rings (SSSR count). The zero-order chi connectivity index (χ0) is 14.9. The third-order valence-electron chi connectivity index (χ3n) is 3.75. The molecule has 1 aliphatic rings. The molecule has 1 aliphatic carbocycles. The molecule has 2 amide bonds. The van der Waals surface area contributed by atoms with Crippen molar-refractivity contribution in [3.05, 3.63) is 34.0 Å². The van der Waals surface area contributed by atoms with Crippen molar-refractivity contribution in [2.24, 2.45) is 17.3 Å². The lowest BCUT2D eigenvalue weighted by Gasteiger charge is -2.06. The summed E-state index contributed by atoms with van der Waals surface area (Å²) >= 11 is 1.34. The van der Waals surface area contributed by atoms with Gasteiger partial charge in [0.15, 0.2) is 0 Å². The third kappa shape index (κ3) is 2.93. The van der Waals surface area contributed by atoms with Crippen molar-refractivity contribution in [2.75, 3.05) is 0 Å². The second-order valence-corrected chi connectivity index (χ2v) is 6.94. The molecule has 1 heterocycles. The van der Waals surface area contributed by atoms with Gasteiger partial charge in [0.2, 0.25) is 5.91 Å². The first kappa shape index (κ1) is 14.8. The minimum absolute atomic E-state index is 0.0466. The molecule has 108 valence electrons. The Hall–Kier alpha value is -1.62. The maximum absolute atomic E-state index is 12.1. The second kappa shape index (κ2) is 5.40. The molecule has 0 radical (unpaired) electrons. The lowest BCUT2D eigenvalue weighted by Crippen LogP contribution is -2.42. The molecule has 0 aliphatic heterocycles. The number of hydrogen-bond donors (Lipinski definition) is 2. The van der Waals surface area contributed by atoms with E-state index in [0.29, 0.717) is 4.88 Å². The van der Waals surface area contributed by atoms with Crippen molar-refractivity contribution in [2.45, 2.75) is 27.7 Å². The summed E-state index contributed by atoms with van der Waals surface area (Å²) < 4.78 is 0. The van der Waals surface area contributed by atoms with E-state index in [4.69, 9.17) is 0 Å². The SMILES string of the molecule is CC(C)=CC1C(C(=O)NNC(=O)c2cccs2)C1(C)C. The van der Waals surface area contributed by atoms with Crippen LogP contribution < -0.4 is 10.9 Å². The Bertz CT molecular complexity index is 542. The molecule has 1 fully saturated rings. The van der Waals surface area contributed by atoms with E-state index in [1.165, 1.54) is 16.9 Å². The summed E-state index contributed by atoms with van der Waals surface area (Å²) in [6.07, 6.45) is 2.13. The summed E-state index contributed by atoms with van der Waals surface area (Å²) in [6.45, 7) is 8.20. The maximum Gasteiger partial charge on any atom is 0.279 e. The molecule has 0 spiro atoms. The Morgan fingerprint density at radius 3 is 2.55 bits per heavy atom. The van der Waals surface area contributed by atoms with Crippen molar-refractivity contribution >= 4 is 23.2 Å². The molecule has 1 aromatic rings. The summed E-state index contributed by atoms with van der Waals surface area (Å²) in [5.74, 6) is -0.236. The van der Waals surface area contributed by atoms with Gasteiger partial charge in [0.05, 0.1) is 10.8 Å². The van der Waals surface area contributed by atoms with Crippen LogP contribution >= 0.6 is 11.3 Å². The van der Waals surface area contributed by atoms with E-state index in [-0.39, 0.29) is 29.1 Å². The van der Waals surface area contributed by atoms with Gasteiger partial charge in [-0.05, 0) is 36.6 Å². The van der Waals surface area contributed by atoms with Crippen LogP contribution in [0.2, 0.25) is 0 Å². The lowest BCUT2D eigenvalue weighted by atomic mass is 10.1. The molecule has 0 bridgehead atoms. The third-order valence-corrected chi connectivity index (χ3v) is 4.62. The standard InChI is InChI=1S/C15H20N2O2S/c1-9(2)8-10-12(15(10,3)4)14(19)17-16-13(18)11-6-5-7-20-11/h5-8,10,12H,1-4H3,(H,16,18)(H,17,19). The van der Waals surface area contributed by atoms with Gasteiger partial charge in [0.25, 0.3) is 5.91 Å². The quantitative estimate of drug-likeness (QED) is 0.665. The summed E-state index contributed by atoms with van der Waals surface area (Å²) in [5, 5.41) is 1.82. The van der Waals surface area contributed by atoms with Gasteiger partial charge in [-0.15, -0.1) is 11.3 Å². The number of rotatable bonds is 3. The van der Waals surface area contributed by atoms with Crippen LogP contribution in [0.1, 0.15) is 37.4 Å². The molecule has 0 saturated heterocycles. The molecular formula is C15H20N2O2S. The van der Waals surface area contributed by atoms with Crippen molar-refractivity contribution < 1.29 is 9.59 Å². The molecule has 1 saturated carbocycles.